The lowest BCUT2D eigenvalue weighted by Gasteiger charge is -2.10. The molecule has 23 heavy (non-hydrogen) atoms. The maximum absolute atomic E-state index is 12.6. The zero-order valence-corrected chi connectivity index (χ0v) is 13.4. The van der Waals surface area contributed by atoms with E-state index in [1.54, 1.807) is 24.3 Å². The minimum Gasteiger partial charge on any atom is -0.489 e. The molecule has 3 N–H and O–H groups in total. The van der Waals surface area contributed by atoms with Gasteiger partial charge < -0.3 is 10.5 Å². The van der Waals surface area contributed by atoms with Crippen molar-refractivity contribution in [2.24, 2.45) is 5.73 Å². The van der Waals surface area contributed by atoms with E-state index >= 15 is 0 Å². The first kappa shape index (κ1) is 21.1. The van der Waals surface area contributed by atoms with Crippen LogP contribution in [0.3, 0.4) is 0 Å². The molecule has 0 radical (unpaired) electrons. The predicted molar refractivity (Wildman–Crippen MR) is 87.7 cm³/mol. The van der Waals surface area contributed by atoms with Crippen molar-refractivity contribution in [2.45, 2.75) is 12.8 Å². The minimum absolute atomic E-state index is 0. The summed E-state index contributed by atoms with van der Waals surface area (Å²) in [6.45, 7) is 0.138. The topological polar surface area (TPSA) is 59.1 Å². The first-order chi connectivity index (χ1) is 9.86. The lowest BCUT2D eigenvalue weighted by atomic mass is 10.1. The number of nitrogens with one attached hydrogen (secondary N) is 1. The number of rotatable bonds is 4. The average molecular weight is 367 g/mol. The summed E-state index contributed by atoms with van der Waals surface area (Å²) in [6, 6.07) is 11.5. The maximum atomic E-state index is 12.6. The summed E-state index contributed by atoms with van der Waals surface area (Å²) in [5, 5.41) is 7.26. The SMILES string of the molecule is Cl.Cl.N=C(N)c1ccc(COc2cccc(C(F)(F)F)c2)cc1. The third-order valence-electron chi connectivity index (χ3n) is 2.83. The van der Waals surface area contributed by atoms with Crippen LogP contribution in [0.2, 0.25) is 0 Å². The van der Waals surface area contributed by atoms with E-state index in [2.05, 4.69) is 0 Å². The molecule has 0 atom stereocenters. The molecular formula is C15H15Cl2F3N2O. The molecule has 8 heteroatoms. The van der Waals surface area contributed by atoms with Crippen molar-refractivity contribution < 1.29 is 17.9 Å². The van der Waals surface area contributed by atoms with Gasteiger partial charge in [0.15, 0.2) is 0 Å². The van der Waals surface area contributed by atoms with E-state index in [1.807, 2.05) is 0 Å². The largest absolute Gasteiger partial charge is 0.489 e. The standard InChI is InChI=1S/C15H13F3N2O.2ClH/c16-15(17,18)12-2-1-3-13(8-12)21-9-10-4-6-11(7-5-10)14(19)20;;/h1-8H,9H2,(H3,19,20);2*1H. The Balaban J connectivity index is 0.00000242. The fourth-order valence-corrected chi connectivity index (χ4v) is 1.71. The van der Waals surface area contributed by atoms with Gasteiger partial charge in [-0.05, 0) is 23.8 Å². The molecule has 0 heterocycles. The van der Waals surface area contributed by atoms with Crippen molar-refractivity contribution in [2.75, 3.05) is 0 Å². The fourth-order valence-electron chi connectivity index (χ4n) is 1.71. The highest BCUT2D eigenvalue weighted by Crippen LogP contribution is 2.31. The molecule has 0 aliphatic heterocycles. The highest BCUT2D eigenvalue weighted by molar-refractivity contribution is 5.94. The Hall–Kier alpha value is -1.92. The first-order valence-electron chi connectivity index (χ1n) is 6.09. The van der Waals surface area contributed by atoms with Crippen LogP contribution in [-0.4, -0.2) is 5.84 Å². The van der Waals surface area contributed by atoms with Gasteiger partial charge in [0.05, 0.1) is 5.56 Å². The van der Waals surface area contributed by atoms with Gasteiger partial charge in [0.25, 0.3) is 0 Å². The minimum atomic E-state index is -4.39. The number of nitrogen functional groups attached to an aromatic ring is 1. The van der Waals surface area contributed by atoms with Crippen molar-refractivity contribution in [1.29, 1.82) is 5.41 Å². The van der Waals surface area contributed by atoms with Crippen molar-refractivity contribution >= 4 is 30.6 Å². The van der Waals surface area contributed by atoms with Crippen molar-refractivity contribution in [1.82, 2.24) is 0 Å². The number of nitrogens with two attached hydrogens (primary N) is 1. The summed E-state index contributed by atoms with van der Waals surface area (Å²) < 4.78 is 43.0. The molecule has 3 nitrogen and oxygen atoms in total. The van der Waals surface area contributed by atoms with E-state index in [0.29, 0.717) is 5.56 Å². The summed E-state index contributed by atoms with van der Waals surface area (Å²) in [5.41, 5.74) is 5.94. The summed E-state index contributed by atoms with van der Waals surface area (Å²) in [6.07, 6.45) is -4.39. The molecule has 0 unspecified atom stereocenters. The van der Waals surface area contributed by atoms with Crippen LogP contribution in [0.25, 0.3) is 0 Å². The van der Waals surface area contributed by atoms with Gasteiger partial charge in [-0.25, -0.2) is 0 Å². The van der Waals surface area contributed by atoms with Gasteiger partial charge in [-0.3, -0.25) is 5.41 Å². The normalized spacial score (nSPS) is 10.2. The lowest BCUT2D eigenvalue weighted by Crippen LogP contribution is -2.10. The molecule has 0 aliphatic rings. The number of benzene rings is 2. The molecule has 0 aromatic heterocycles. The van der Waals surface area contributed by atoms with Crippen molar-refractivity contribution in [3.05, 3.63) is 65.2 Å². The Bertz CT molecular complexity index is 646. The van der Waals surface area contributed by atoms with Gasteiger partial charge >= 0.3 is 6.18 Å². The van der Waals surface area contributed by atoms with Gasteiger partial charge in [-0.1, -0.05) is 30.3 Å². The molecule has 0 aliphatic carbocycles. The Morgan fingerprint density at radius 3 is 2.17 bits per heavy atom. The second kappa shape index (κ2) is 8.64. The average Bonchev–Trinajstić information content (AvgIpc) is 2.45. The van der Waals surface area contributed by atoms with E-state index in [9.17, 15) is 13.2 Å². The van der Waals surface area contributed by atoms with Crippen LogP contribution in [0.15, 0.2) is 48.5 Å². The number of alkyl halides is 3. The van der Waals surface area contributed by atoms with Gasteiger partial charge in [0.2, 0.25) is 0 Å². The van der Waals surface area contributed by atoms with Crippen LogP contribution >= 0.6 is 24.8 Å². The van der Waals surface area contributed by atoms with Crippen LogP contribution in [0.5, 0.6) is 5.75 Å². The molecule has 2 aromatic carbocycles. The number of amidine groups is 1. The number of halogens is 5. The highest BCUT2D eigenvalue weighted by atomic mass is 35.5. The molecular weight excluding hydrogens is 352 g/mol. The zero-order chi connectivity index (χ0) is 15.5. The van der Waals surface area contributed by atoms with E-state index in [4.69, 9.17) is 15.9 Å². The van der Waals surface area contributed by atoms with Crippen LogP contribution in [0.4, 0.5) is 13.2 Å². The van der Waals surface area contributed by atoms with E-state index in [0.717, 1.165) is 17.7 Å². The molecule has 126 valence electrons. The molecule has 0 amide bonds. The number of hydrogen-bond acceptors (Lipinski definition) is 2. The van der Waals surface area contributed by atoms with Crippen LogP contribution in [-0.2, 0) is 12.8 Å². The van der Waals surface area contributed by atoms with Gasteiger partial charge in [-0.2, -0.15) is 13.2 Å². The lowest BCUT2D eigenvalue weighted by molar-refractivity contribution is -0.137. The molecule has 0 bridgehead atoms. The van der Waals surface area contributed by atoms with E-state index < -0.39 is 11.7 Å². The Kier molecular flexibility index (Phi) is 7.92. The molecule has 2 aromatic rings. The van der Waals surface area contributed by atoms with Crippen LogP contribution in [0, 0.1) is 5.41 Å². The fraction of sp³-hybridized carbons (Fsp3) is 0.133. The van der Waals surface area contributed by atoms with E-state index in [-0.39, 0.29) is 43.0 Å². The summed E-state index contributed by atoms with van der Waals surface area (Å²) >= 11 is 0. The Morgan fingerprint density at radius 2 is 1.65 bits per heavy atom. The van der Waals surface area contributed by atoms with Gasteiger partial charge in [0.1, 0.15) is 18.2 Å². The predicted octanol–water partition coefficient (Wildman–Crippen LogP) is 4.41. The Labute approximate surface area is 144 Å². The summed E-state index contributed by atoms with van der Waals surface area (Å²) in [4.78, 5) is 0. The highest BCUT2D eigenvalue weighted by Gasteiger charge is 2.30. The van der Waals surface area contributed by atoms with Crippen LogP contribution < -0.4 is 10.5 Å². The monoisotopic (exact) mass is 366 g/mol. The molecule has 0 fully saturated rings. The van der Waals surface area contributed by atoms with E-state index in [1.165, 1.54) is 12.1 Å². The molecule has 0 spiro atoms. The third kappa shape index (κ3) is 6.00. The molecule has 2 rings (SSSR count). The smallest absolute Gasteiger partial charge is 0.416 e. The first-order valence-corrected chi connectivity index (χ1v) is 6.09. The maximum Gasteiger partial charge on any atom is 0.416 e. The van der Waals surface area contributed by atoms with Crippen molar-refractivity contribution in [3.63, 3.8) is 0 Å². The quantitative estimate of drug-likeness (QED) is 0.621. The number of hydrogen-bond donors (Lipinski definition) is 2. The molecule has 0 saturated heterocycles. The summed E-state index contributed by atoms with van der Waals surface area (Å²) in [5.74, 6) is 0.112. The second-order valence-corrected chi connectivity index (χ2v) is 4.42. The molecule has 0 saturated carbocycles. The summed E-state index contributed by atoms with van der Waals surface area (Å²) in [7, 11) is 0. The van der Waals surface area contributed by atoms with Crippen LogP contribution in [0.1, 0.15) is 16.7 Å². The zero-order valence-electron chi connectivity index (χ0n) is 11.8. The van der Waals surface area contributed by atoms with Crippen molar-refractivity contribution in [3.8, 4) is 5.75 Å². The number of ether oxygens (including phenoxy) is 1. The Morgan fingerprint density at radius 1 is 1.04 bits per heavy atom. The van der Waals surface area contributed by atoms with Gasteiger partial charge in [0, 0.05) is 5.56 Å². The third-order valence-corrected chi connectivity index (χ3v) is 2.83. The van der Waals surface area contributed by atoms with Gasteiger partial charge in [-0.15, -0.1) is 24.8 Å². The second-order valence-electron chi connectivity index (χ2n) is 4.42.